The normalized spacial score (nSPS) is 22.6. The Bertz CT molecular complexity index is 383. The third kappa shape index (κ3) is 3.14. The first kappa shape index (κ1) is 13.6. The molecule has 0 aliphatic carbocycles. The van der Waals surface area contributed by atoms with Crippen LogP contribution in [0.4, 0.5) is 0 Å². The van der Waals surface area contributed by atoms with Crippen molar-refractivity contribution in [2.24, 2.45) is 5.92 Å². The van der Waals surface area contributed by atoms with Crippen LogP contribution in [0.3, 0.4) is 0 Å². The maximum absolute atomic E-state index is 2.46. The SMILES string of the molecule is CC(C)c1ccccc1C(C)CC1CCN(C)C1. The van der Waals surface area contributed by atoms with Gasteiger partial charge in [-0.2, -0.15) is 0 Å². The van der Waals surface area contributed by atoms with Gasteiger partial charge in [0.05, 0.1) is 0 Å². The molecule has 18 heavy (non-hydrogen) atoms. The van der Waals surface area contributed by atoms with E-state index in [1.165, 1.54) is 31.5 Å². The topological polar surface area (TPSA) is 3.24 Å². The molecule has 1 aliphatic heterocycles. The lowest BCUT2D eigenvalue weighted by atomic mass is 9.84. The fraction of sp³-hybridized carbons (Fsp3) is 0.647. The summed E-state index contributed by atoms with van der Waals surface area (Å²) in [5.74, 6) is 2.22. The van der Waals surface area contributed by atoms with Crippen molar-refractivity contribution in [2.45, 2.75) is 45.4 Å². The summed E-state index contributed by atoms with van der Waals surface area (Å²) in [5, 5.41) is 0. The summed E-state index contributed by atoms with van der Waals surface area (Å²) in [6.45, 7) is 9.57. The van der Waals surface area contributed by atoms with Crippen molar-refractivity contribution in [2.75, 3.05) is 20.1 Å². The molecule has 1 saturated heterocycles. The molecule has 0 bridgehead atoms. The molecule has 2 unspecified atom stereocenters. The third-order valence-electron chi connectivity index (χ3n) is 4.32. The van der Waals surface area contributed by atoms with Crippen molar-refractivity contribution in [3.8, 4) is 0 Å². The highest BCUT2D eigenvalue weighted by atomic mass is 15.1. The van der Waals surface area contributed by atoms with Gasteiger partial charge in [-0.15, -0.1) is 0 Å². The predicted molar refractivity (Wildman–Crippen MR) is 79.2 cm³/mol. The van der Waals surface area contributed by atoms with E-state index in [0.29, 0.717) is 11.8 Å². The van der Waals surface area contributed by atoms with Crippen LogP contribution < -0.4 is 0 Å². The maximum Gasteiger partial charge on any atom is 0.000730 e. The summed E-state index contributed by atoms with van der Waals surface area (Å²) < 4.78 is 0. The summed E-state index contributed by atoms with van der Waals surface area (Å²) >= 11 is 0. The molecule has 1 aliphatic rings. The second kappa shape index (κ2) is 5.88. The molecular formula is C17H27N. The fourth-order valence-electron chi connectivity index (χ4n) is 3.33. The molecule has 2 rings (SSSR count). The van der Waals surface area contributed by atoms with Crippen LogP contribution in [-0.4, -0.2) is 25.0 Å². The average molecular weight is 245 g/mol. The molecule has 1 heterocycles. The first-order valence-corrected chi connectivity index (χ1v) is 7.35. The van der Waals surface area contributed by atoms with Crippen molar-refractivity contribution < 1.29 is 0 Å². The zero-order chi connectivity index (χ0) is 13.1. The first-order chi connectivity index (χ1) is 8.58. The van der Waals surface area contributed by atoms with Gasteiger partial charge in [0.15, 0.2) is 0 Å². The second-order valence-electron chi connectivity index (χ2n) is 6.34. The number of likely N-dealkylation sites (tertiary alicyclic amines) is 1. The van der Waals surface area contributed by atoms with Gasteiger partial charge in [-0.1, -0.05) is 45.0 Å². The minimum atomic E-state index is 0.634. The molecule has 1 aromatic carbocycles. The highest BCUT2D eigenvalue weighted by Gasteiger charge is 2.23. The van der Waals surface area contributed by atoms with E-state index in [1.54, 1.807) is 5.56 Å². The molecule has 0 spiro atoms. The molecule has 2 atom stereocenters. The van der Waals surface area contributed by atoms with E-state index in [0.717, 1.165) is 5.92 Å². The Labute approximate surface area is 112 Å². The molecule has 1 fully saturated rings. The number of rotatable bonds is 4. The Hall–Kier alpha value is -0.820. The van der Waals surface area contributed by atoms with Gasteiger partial charge in [-0.3, -0.25) is 0 Å². The van der Waals surface area contributed by atoms with Gasteiger partial charge in [0, 0.05) is 6.54 Å². The Kier molecular flexibility index (Phi) is 4.45. The van der Waals surface area contributed by atoms with Crippen molar-refractivity contribution in [3.63, 3.8) is 0 Å². The summed E-state index contributed by atoms with van der Waals surface area (Å²) in [4.78, 5) is 2.46. The van der Waals surface area contributed by atoms with Crippen molar-refractivity contribution in [1.29, 1.82) is 0 Å². The van der Waals surface area contributed by atoms with Crippen LogP contribution in [-0.2, 0) is 0 Å². The van der Waals surface area contributed by atoms with Crippen molar-refractivity contribution in [1.82, 2.24) is 4.90 Å². The molecule has 1 nitrogen and oxygen atoms in total. The fourth-order valence-corrected chi connectivity index (χ4v) is 3.33. The zero-order valence-electron chi connectivity index (χ0n) is 12.3. The monoisotopic (exact) mass is 245 g/mol. The van der Waals surface area contributed by atoms with E-state index < -0.39 is 0 Å². The molecule has 0 radical (unpaired) electrons. The van der Waals surface area contributed by atoms with Crippen LogP contribution in [0.5, 0.6) is 0 Å². The van der Waals surface area contributed by atoms with Gasteiger partial charge in [-0.25, -0.2) is 0 Å². The molecule has 0 aromatic heterocycles. The summed E-state index contributed by atoms with van der Waals surface area (Å²) in [6.07, 6.45) is 2.72. The van der Waals surface area contributed by atoms with Crippen LogP contribution in [0.15, 0.2) is 24.3 Å². The van der Waals surface area contributed by atoms with Gasteiger partial charge in [0.25, 0.3) is 0 Å². The van der Waals surface area contributed by atoms with Crippen LogP contribution in [0, 0.1) is 5.92 Å². The minimum absolute atomic E-state index is 0.634. The van der Waals surface area contributed by atoms with E-state index >= 15 is 0 Å². The largest absolute Gasteiger partial charge is 0.306 e. The second-order valence-corrected chi connectivity index (χ2v) is 6.34. The summed E-state index contributed by atoms with van der Waals surface area (Å²) in [5.41, 5.74) is 3.11. The first-order valence-electron chi connectivity index (χ1n) is 7.35. The van der Waals surface area contributed by atoms with E-state index in [2.05, 4.69) is 57.0 Å². The Morgan fingerprint density at radius 3 is 2.39 bits per heavy atom. The van der Waals surface area contributed by atoms with E-state index in [-0.39, 0.29) is 0 Å². The van der Waals surface area contributed by atoms with Crippen LogP contribution in [0.2, 0.25) is 0 Å². The number of hydrogen-bond acceptors (Lipinski definition) is 1. The number of hydrogen-bond donors (Lipinski definition) is 0. The van der Waals surface area contributed by atoms with Gasteiger partial charge >= 0.3 is 0 Å². The van der Waals surface area contributed by atoms with Crippen LogP contribution in [0.1, 0.15) is 56.6 Å². The maximum atomic E-state index is 2.46. The smallest absolute Gasteiger partial charge is 0.000730 e. The highest BCUT2D eigenvalue weighted by Crippen LogP contribution is 2.32. The highest BCUT2D eigenvalue weighted by molar-refractivity contribution is 5.32. The lowest BCUT2D eigenvalue weighted by molar-refractivity contribution is 0.379. The lowest BCUT2D eigenvalue weighted by Crippen LogP contribution is -2.15. The Balaban J connectivity index is 2.06. The van der Waals surface area contributed by atoms with E-state index in [1.807, 2.05) is 0 Å². The average Bonchev–Trinajstić information content (AvgIpc) is 2.74. The molecule has 100 valence electrons. The molecule has 1 aromatic rings. The van der Waals surface area contributed by atoms with Crippen LogP contribution in [0.25, 0.3) is 0 Å². The summed E-state index contributed by atoms with van der Waals surface area (Å²) in [7, 11) is 2.24. The van der Waals surface area contributed by atoms with Gasteiger partial charge < -0.3 is 4.90 Å². The van der Waals surface area contributed by atoms with Crippen LogP contribution >= 0.6 is 0 Å². The molecule has 0 amide bonds. The van der Waals surface area contributed by atoms with Gasteiger partial charge in [0.1, 0.15) is 0 Å². The van der Waals surface area contributed by atoms with Crippen molar-refractivity contribution >= 4 is 0 Å². The van der Waals surface area contributed by atoms with Gasteiger partial charge in [0.2, 0.25) is 0 Å². The zero-order valence-corrected chi connectivity index (χ0v) is 12.3. The van der Waals surface area contributed by atoms with Crippen molar-refractivity contribution in [3.05, 3.63) is 35.4 Å². The number of benzene rings is 1. The Morgan fingerprint density at radius 1 is 1.17 bits per heavy atom. The Morgan fingerprint density at radius 2 is 1.83 bits per heavy atom. The standard InChI is InChI=1S/C17H27N/c1-13(2)16-7-5-6-8-17(16)14(3)11-15-9-10-18(4)12-15/h5-8,13-15H,9-12H2,1-4H3. The molecule has 0 saturated carbocycles. The minimum Gasteiger partial charge on any atom is -0.306 e. The van der Waals surface area contributed by atoms with E-state index in [4.69, 9.17) is 0 Å². The molecule has 1 heteroatoms. The third-order valence-corrected chi connectivity index (χ3v) is 4.32. The van der Waals surface area contributed by atoms with E-state index in [9.17, 15) is 0 Å². The lowest BCUT2D eigenvalue weighted by Gasteiger charge is -2.21. The number of nitrogens with zero attached hydrogens (tertiary/aromatic N) is 1. The predicted octanol–water partition coefficient (Wildman–Crippen LogP) is 4.26. The summed E-state index contributed by atoms with van der Waals surface area (Å²) in [6, 6.07) is 9.00. The molecule has 0 N–H and O–H groups in total. The van der Waals surface area contributed by atoms with Gasteiger partial charge in [-0.05, 0) is 55.3 Å². The quantitative estimate of drug-likeness (QED) is 0.766. The molecular weight excluding hydrogens is 218 g/mol.